The Balaban J connectivity index is 2.51. The molecule has 1 aromatic carbocycles. The summed E-state index contributed by atoms with van der Waals surface area (Å²) in [5, 5.41) is 21.4. The van der Waals surface area contributed by atoms with E-state index in [4.69, 9.17) is 0 Å². The maximum Gasteiger partial charge on any atom is 0.251 e. The van der Waals surface area contributed by atoms with Gasteiger partial charge in [0.05, 0.1) is 0 Å². The molecule has 1 aromatic rings. The fourth-order valence-electron chi connectivity index (χ4n) is 1.90. The summed E-state index contributed by atoms with van der Waals surface area (Å²) in [5.74, 6) is -0.534. The van der Waals surface area contributed by atoms with Crippen molar-refractivity contribution in [2.45, 2.75) is 33.1 Å². The van der Waals surface area contributed by atoms with Crippen molar-refractivity contribution in [1.82, 2.24) is 5.32 Å². The monoisotopic (exact) mass is 263 g/mol. The molecule has 0 aliphatic carbocycles. The van der Waals surface area contributed by atoms with Crippen molar-refractivity contribution in [1.29, 1.82) is 0 Å². The molecule has 0 fully saturated rings. The summed E-state index contributed by atoms with van der Waals surface area (Å²) in [6, 6.07) is 3.85. The summed E-state index contributed by atoms with van der Waals surface area (Å²) >= 11 is 0. The van der Waals surface area contributed by atoms with Crippen molar-refractivity contribution in [3.63, 3.8) is 0 Å². The van der Waals surface area contributed by atoms with E-state index in [1.165, 1.54) is 23.8 Å². The average Bonchev–Trinajstić information content (AvgIpc) is 2.36. The van der Waals surface area contributed by atoms with Gasteiger partial charge in [0.25, 0.3) is 5.91 Å². The Morgan fingerprint density at radius 2 is 1.84 bits per heavy atom. The van der Waals surface area contributed by atoms with E-state index in [0.29, 0.717) is 6.54 Å². The maximum atomic E-state index is 11.8. The molecule has 0 bridgehead atoms. The zero-order valence-electron chi connectivity index (χ0n) is 11.4. The molecular formula is C15H21NO3. The first kappa shape index (κ1) is 15.1. The second-order valence-electron chi connectivity index (χ2n) is 4.44. The molecule has 0 aliphatic heterocycles. The Kier molecular flexibility index (Phi) is 5.93. The number of allylic oxidation sites excluding steroid dienone is 1. The number of rotatable bonds is 6. The van der Waals surface area contributed by atoms with Crippen LogP contribution in [0.1, 0.15) is 43.5 Å². The average molecular weight is 263 g/mol. The molecule has 19 heavy (non-hydrogen) atoms. The highest BCUT2D eigenvalue weighted by molar-refractivity contribution is 5.95. The van der Waals surface area contributed by atoms with Crippen LogP contribution in [0.15, 0.2) is 29.8 Å². The van der Waals surface area contributed by atoms with Crippen LogP contribution in [-0.2, 0) is 0 Å². The third kappa shape index (κ3) is 5.04. The molecule has 1 amide bonds. The van der Waals surface area contributed by atoms with Gasteiger partial charge in [-0.25, -0.2) is 0 Å². The van der Waals surface area contributed by atoms with Crippen LogP contribution in [0, 0.1) is 0 Å². The molecule has 0 spiro atoms. The third-order valence-corrected chi connectivity index (χ3v) is 2.88. The molecule has 0 saturated heterocycles. The Morgan fingerprint density at radius 3 is 2.37 bits per heavy atom. The first-order chi connectivity index (χ1) is 9.06. The van der Waals surface area contributed by atoms with E-state index in [-0.39, 0.29) is 23.0 Å². The van der Waals surface area contributed by atoms with Crippen molar-refractivity contribution in [3.8, 4) is 11.5 Å². The fourth-order valence-corrected chi connectivity index (χ4v) is 1.90. The molecule has 104 valence electrons. The van der Waals surface area contributed by atoms with Gasteiger partial charge in [0.15, 0.2) is 0 Å². The third-order valence-electron chi connectivity index (χ3n) is 2.88. The van der Waals surface area contributed by atoms with Crippen LogP contribution in [0.5, 0.6) is 11.5 Å². The number of hydrogen-bond donors (Lipinski definition) is 3. The molecule has 0 saturated carbocycles. The zero-order valence-corrected chi connectivity index (χ0v) is 11.4. The van der Waals surface area contributed by atoms with Gasteiger partial charge in [0.1, 0.15) is 11.5 Å². The minimum atomic E-state index is -0.293. The van der Waals surface area contributed by atoms with E-state index in [0.717, 1.165) is 19.3 Å². The Bertz CT molecular complexity index is 446. The van der Waals surface area contributed by atoms with Crippen LogP contribution in [0.4, 0.5) is 0 Å². The lowest BCUT2D eigenvalue weighted by Gasteiger charge is -2.08. The lowest BCUT2D eigenvalue weighted by molar-refractivity contribution is 0.0953. The Morgan fingerprint density at radius 1 is 1.21 bits per heavy atom. The van der Waals surface area contributed by atoms with Gasteiger partial charge in [-0.3, -0.25) is 4.79 Å². The van der Waals surface area contributed by atoms with Crippen LogP contribution < -0.4 is 5.32 Å². The van der Waals surface area contributed by atoms with Crippen molar-refractivity contribution in [2.75, 3.05) is 6.54 Å². The van der Waals surface area contributed by atoms with E-state index >= 15 is 0 Å². The van der Waals surface area contributed by atoms with Gasteiger partial charge in [-0.2, -0.15) is 0 Å². The summed E-state index contributed by atoms with van der Waals surface area (Å²) in [6.07, 6.45) is 5.03. The molecule has 0 atom stereocenters. The van der Waals surface area contributed by atoms with E-state index in [1.807, 2.05) is 6.92 Å². The van der Waals surface area contributed by atoms with Crippen molar-refractivity contribution < 1.29 is 15.0 Å². The minimum Gasteiger partial charge on any atom is -0.508 e. The fraction of sp³-hybridized carbons (Fsp3) is 0.400. The van der Waals surface area contributed by atoms with Gasteiger partial charge in [0.2, 0.25) is 0 Å². The lowest BCUT2D eigenvalue weighted by atomic mass is 10.1. The first-order valence-corrected chi connectivity index (χ1v) is 6.52. The summed E-state index contributed by atoms with van der Waals surface area (Å²) in [6.45, 7) is 4.67. The zero-order chi connectivity index (χ0) is 14.3. The number of carbonyl (C=O) groups excluding carboxylic acids is 1. The molecule has 0 aliphatic rings. The van der Waals surface area contributed by atoms with Gasteiger partial charge in [0, 0.05) is 18.2 Å². The molecule has 0 aromatic heterocycles. The van der Waals surface area contributed by atoms with Crippen LogP contribution in [0.2, 0.25) is 0 Å². The van der Waals surface area contributed by atoms with Crippen molar-refractivity contribution >= 4 is 5.91 Å². The largest absolute Gasteiger partial charge is 0.508 e. The maximum absolute atomic E-state index is 11.8. The number of hydrogen-bond acceptors (Lipinski definition) is 3. The standard InChI is InChI=1S/C15H21NO3/c1-3-5-11(4-2)6-7-16-15(19)12-8-13(17)10-14(18)9-12/h4,8-10,17-18H,3,5-7H2,1-2H3,(H,16,19)/b11-4+. The quantitative estimate of drug-likeness (QED) is 0.691. The second kappa shape index (κ2) is 7.46. The summed E-state index contributed by atoms with van der Waals surface area (Å²) < 4.78 is 0. The molecule has 4 heteroatoms. The van der Waals surface area contributed by atoms with Gasteiger partial charge < -0.3 is 15.5 Å². The smallest absolute Gasteiger partial charge is 0.251 e. The molecule has 0 radical (unpaired) electrons. The van der Waals surface area contributed by atoms with E-state index < -0.39 is 0 Å². The number of nitrogens with one attached hydrogen (secondary N) is 1. The Labute approximate surface area is 113 Å². The number of amides is 1. The van der Waals surface area contributed by atoms with Crippen molar-refractivity contribution in [2.24, 2.45) is 0 Å². The van der Waals surface area contributed by atoms with Crippen LogP contribution >= 0.6 is 0 Å². The van der Waals surface area contributed by atoms with Gasteiger partial charge in [-0.15, -0.1) is 0 Å². The predicted molar refractivity (Wildman–Crippen MR) is 75.4 cm³/mol. The van der Waals surface area contributed by atoms with E-state index in [1.54, 1.807) is 0 Å². The predicted octanol–water partition coefficient (Wildman–Crippen LogP) is 2.96. The SMILES string of the molecule is C/C=C(\CCC)CCNC(=O)c1cc(O)cc(O)c1. The second-order valence-corrected chi connectivity index (χ2v) is 4.44. The molecule has 4 nitrogen and oxygen atoms in total. The Hall–Kier alpha value is -1.97. The van der Waals surface area contributed by atoms with Gasteiger partial charge in [-0.05, 0) is 31.9 Å². The van der Waals surface area contributed by atoms with E-state index in [9.17, 15) is 15.0 Å². The molecule has 0 unspecified atom stereocenters. The van der Waals surface area contributed by atoms with Crippen LogP contribution in [0.25, 0.3) is 0 Å². The number of phenolic OH excluding ortho intramolecular Hbond substituents is 2. The van der Waals surface area contributed by atoms with Crippen LogP contribution in [0.3, 0.4) is 0 Å². The van der Waals surface area contributed by atoms with Crippen molar-refractivity contribution in [3.05, 3.63) is 35.4 Å². The van der Waals surface area contributed by atoms with Crippen LogP contribution in [-0.4, -0.2) is 22.7 Å². The topological polar surface area (TPSA) is 69.6 Å². The minimum absolute atomic E-state index is 0.120. The summed E-state index contributed by atoms with van der Waals surface area (Å²) in [4.78, 5) is 11.8. The highest BCUT2D eigenvalue weighted by atomic mass is 16.3. The highest BCUT2D eigenvalue weighted by Gasteiger charge is 2.08. The molecule has 1 rings (SSSR count). The number of phenols is 2. The number of carbonyl (C=O) groups is 1. The highest BCUT2D eigenvalue weighted by Crippen LogP contribution is 2.20. The summed E-state index contributed by atoms with van der Waals surface area (Å²) in [7, 11) is 0. The molecule has 0 heterocycles. The number of aromatic hydroxyl groups is 2. The first-order valence-electron chi connectivity index (χ1n) is 6.52. The number of benzene rings is 1. The van der Waals surface area contributed by atoms with Gasteiger partial charge >= 0.3 is 0 Å². The van der Waals surface area contributed by atoms with Gasteiger partial charge in [-0.1, -0.05) is 25.0 Å². The normalized spacial score (nSPS) is 11.4. The van der Waals surface area contributed by atoms with E-state index in [2.05, 4.69) is 18.3 Å². The lowest BCUT2D eigenvalue weighted by Crippen LogP contribution is -2.24. The molecule has 3 N–H and O–H groups in total. The summed E-state index contributed by atoms with van der Waals surface area (Å²) in [5.41, 5.74) is 1.58. The molecular weight excluding hydrogens is 242 g/mol.